The molecule has 0 saturated carbocycles. The Labute approximate surface area is 124 Å². The van der Waals surface area contributed by atoms with Crippen LogP contribution in [0.1, 0.15) is 33.1 Å². The minimum absolute atomic E-state index is 0.00164. The van der Waals surface area contributed by atoms with Crippen molar-refractivity contribution < 1.29 is 9.90 Å². The van der Waals surface area contributed by atoms with Gasteiger partial charge in [0.25, 0.3) is 0 Å². The van der Waals surface area contributed by atoms with Gasteiger partial charge in [0.2, 0.25) is 0 Å². The fourth-order valence-electron chi connectivity index (χ4n) is 2.25. The van der Waals surface area contributed by atoms with E-state index in [0.29, 0.717) is 6.42 Å². The summed E-state index contributed by atoms with van der Waals surface area (Å²) in [4.78, 5) is 10.7. The molecule has 0 unspecified atom stereocenters. The van der Waals surface area contributed by atoms with Crippen LogP contribution in [0.3, 0.4) is 0 Å². The van der Waals surface area contributed by atoms with Crippen molar-refractivity contribution in [1.29, 1.82) is 0 Å². The Kier molecular flexibility index (Phi) is 4.73. The van der Waals surface area contributed by atoms with Crippen molar-refractivity contribution in [3.05, 3.63) is 30.5 Å². The third-order valence-corrected chi connectivity index (χ3v) is 3.68. The molecule has 2 rings (SSSR count). The summed E-state index contributed by atoms with van der Waals surface area (Å²) in [6.45, 7) is 4.98. The summed E-state index contributed by atoms with van der Waals surface area (Å²) >= 11 is 0. The van der Waals surface area contributed by atoms with Crippen molar-refractivity contribution in [3.8, 4) is 0 Å². The van der Waals surface area contributed by atoms with Gasteiger partial charge in [-0.3, -0.25) is 4.79 Å². The molecule has 2 N–H and O–H groups in total. The quantitative estimate of drug-likeness (QED) is 0.817. The third kappa shape index (κ3) is 4.41. The average Bonchev–Trinajstić information content (AvgIpc) is 2.45. The molecule has 112 valence electrons. The molecular weight excluding hydrogens is 266 g/mol. The fraction of sp³-hybridized carbons (Fsp3) is 0.438. The highest BCUT2D eigenvalue weighted by atomic mass is 16.4. The van der Waals surface area contributed by atoms with Crippen molar-refractivity contribution in [2.24, 2.45) is 5.41 Å². The van der Waals surface area contributed by atoms with Gasteiger partial charge in [0.15, 0.2) is 0 Å². The van der Waals surface area contributed by atoms with Crippen LogP contribution < -0.4 is 5.32 Å². The van der Waals surface area contributed by atoms with Gasteiger partial charge in [0.05, 0.1) is 17.4 Å². The van der Waals surface area contributed by atoms with Gasteiger partial charge in [0, 0.05) is 18.4 Å². The van der Waals surface area contributed by atoms with E-state index >= 15 is 0 Å². The number of carboxylic acid groups (broad SMARTS) is 1. The van der Waals surface area contributed by atoms with Crippen LogP contribution in [0.5, 0.6) is 0 Å². The number of aromatic nitrogens is 2. The van der Waals surface area contributed by atoms with E-state index in [9.17, 15) is 4.79 Å². The van der Waals surface area contributed by atoms with Crippen LogP contribution in [0.25, 0.3) is 10.9 Å². The normalized spacial score (nSPS) is 11.5. The minimum atomic E-state index is -0.736. The van der Waals surface area contributed by atoms with Gasteiger partial charge in [0.1, 0.15) is 0 Å². The lowest BCUT2D eigenvalue weighted by molar-refractivity contribution is -0.137. The molecule has 0 fully saturated rings. The molecule has 1 aromatic carbocycles. The lowest BCUT2D eigenvalue weighted by Gasteiger charge is -2.24. The van der Waals surface area contributed by atoms with E-state index in [-0.39, 0.29) is 11.8 Å². The number of anilines is 1. The van der Waals surface area contributed by atoms with E-state index in [1.54, 1.807) is 6.20 Å². The van der Waals surface area contributed by atoms with Gasteiger partial charge in [-0.25, -0.2) is 0 Å². The highest BCUT2D eigenvalue weighted by Crippen LogP contribution is 2.27. The number of nitrogens with one attached hydrogen (secondary N) is 1. The maximum Gasteiger partial charge on any atom is 0.303 e. The summed E-state index contributed by atoms with van der Waals surface area (Å²) in [5, 5.41) is 21.3. The minimum Gasteiger partial charge on any atom is -0.481 e. The number of aliphatic carboxylic acids is 1. The van der Waals surface area contributed by atoms with Crippen LogP contribution in [0, 0.1) is 5.41 Å². The SMILES string of the molecule is CC(C)(CCNc1cnnc2ccccc12)CCC(=O)O. The number of nitrogens with zero attached hydrogens (tertiary/aromatic N) is 2. The first-order chi connectivity index (χ1) is 9.98. The Morgan fingerprint density at radius 2 is 2.05 bits per heavy atom. The molecule has 0 spiro atoms. The molecule has 0 aliphatic heterocycles. The molecule has 1 heterocycles. The molecule has 0 bridgehead atoms. The van der Waals surface area contributed by atoms with Gasteiger partial charge in [-0.2, -0.15) is 10.2 Å². The van der Waals surface area contributed by atoms with E-state index < -0.39 is 5.97 Å². The lowest BCUT2D eigenvalue weighted by Crippen LogP contribution is -2.18. The molecule has 1 aromatic heterocycles. The van der Waals surface area contributed by atoms with Gasteiger partial charge in [-0.15, -0.1) is 0 Å². The van der Waals surface area contributed by atoms with Gasteiger partial charge >= 0.3 is 5.97 Å². The number of rotatable bonds is 7. The summed E-state index contributed by atoms with van der Waals surface area (Å²) in [5.41, 5.74) is 1.84. The van der Waals surface area contributed by atoms with Crippen LogP contribution in [-0.2, 0) is 4.79 Å². The predicted octanol–water partition coefficient (Wildman–Crippen LogP) is 3.32. The van der Waals surface area contributed by atoms with Crippen LogP contribution >= 0.6 is 0 Å². The second-order valence-electron chi connectivity index (χ2n) is 6.01. The molecule has 0 saturated heterocycles. The number of hydrogen-bond acceptors (Lipinski definition) is 4. The largest absolute Gasteiger partial charge is 0.481 e. The maximum absolute atomic E-state index is 10.7. The third-order valence-electron chi connectivity index (χ3n) is 3.68. The zero-order chi connectivity index (χ0) is 15.3. The average molecular weight is 287 g/mol. The Morgan fingerprint density at radius 3 is 2.81 bits per heavy atom. The number of carboxylic acids is 1. The van der Waals surface area contributed by atoms with Crippen molar-refractivity contribution >= 4 is 22.6 Å². The van der Waals surface area contributed by atoms with E-state index in [0.717, 1.165) is 29.6 Å². The summed E-state index contributed by atoms with van der Waals surface area (Å²) < 4.78 is 0. The monoisotopic (exact) mass is 287 g/mol. The highest BCUT2D eigenvalue weighted by molar-refractivity contribution is 5.90. The Bertz CT molecular complexity index is 620. The van der Waals surface area contributed by atoms with E-state index in [1.165, 1.54) is 0 Å². The molecule has 2 aromatic rings. The number of benzene rings is 1. The zero-order valence-corrected chi connectivity index (χ0v) is 12.5. The number of carbonyl (C=O) groups is 1. The van der Waals surface area contributed by atoms with E-state index in [2.05, 4.69) is 29.4 Å². The first-order valence-electron chi connectivity index (χ1n) is 7.14. The Morgan fingerprint density at radius 1 is 1.29 bits per heavy atom. The number of hydrogen-bond donors (Lipinski definition) is 2. The predicted molar refractivity (Wildman–Crippen MR) is 83.3 cm³/mol. The van der Waals surface area contributed by atoms with Gasteiger partial charge in [-0.05, 0) is 24.3 Å². The van der Waals surface area contributed by atoms with E-state index in [1.807, 2.05) is 24.3 Å². The molecule has 5 nitrogen and oxygen atoms in total. The Hall–Kier alpha value is -2.17. The molecule has 0 amide bonds. The van der Waals surface area contributed by atoms with Crippen molar-refractivity contribution in [1.82, 2.24) is 10.2 Å². The van der Waals surface area contributed by atoms with Gasteiger partial charge in [-0.1, -0.05) is 32.0 Å². The molecule has 0 radical (unpaired) electrons. The molecule has 0 aliphatic carbocycles. The first-order valence-corrected chi connectivity index (χ1v) is 7.14. The highest BCUT2D eigenvalue weighted by Gasteiger charge is 2.18. The van der Waals surface area contributed by atoms with Gasteiger partial charge < -0.3 is 10.4 Å². The topological polar surface area (TPSA) is 75.1 Å². The van der Waals surface area contributed by atoms with E-state index in [4.69, 9.17) is 5.11 Å². The van der Waals surface area contributed by atoms with Crippen molar-refractivity contribution in [3.63, 3.8) is 0 Å². The molecule has 5 heteroatoms. The first kappa shape index (κ1) is 15.2. The molecular formula is C16H21N3O2. The smallest absolute Gasteiger partial charge is 0.303 e. The lowest BCUT2D eigenvalue weighted by atomic mass is 9.84. The molecule has 0 aliphatic rings. The van der Waals surface area contributed by atoms with Crippen molar-refractivity contribution in [2.75, 3.05) is 11.9 Å². The van der Waals surface area contributed by atoms with Crippen LogP contribution in [0.4, 0.5) is 5.69 Å². The summed E-state index contributed by atoms with van der Waals surface area (Å²) in [6, 6.07) is 7.87. The summed E-state index contributed by atoms with van der Waals surface area (Å²) in [6.07, 6.45) is 3.52. The zero-order valence-electron chi connectivity index (χ0n) is 12.5. The summed E-state index contributed by atoms with van der Waals surface area (Å²) in [5.74, 6) is -0.736. The number of fused-ring (bicyclic) bond motifs is 1. The van der Waals surface area contributed by atoms with Crippen LogP contribution in [-0.4, -0.2) is 27.8 Å². The molecule has 21 heavy (non-hydrogen) atoms. The second kappa shape index (κ2) is 6.52. The second-order valence-corrected chi connectivity index (χ2v) is 6.01. The molecule has 0 atom stereocenters. The Balaban J connectivity index is 1.94. The maximum atomic E-state index is 10.7. The fourth-order valence-corrected chi connectivity index (χ4v) is 2.25. The standard InChI is InChI=1S/C16H21N3O2/c1-16(2,8-7-15(20)21)9-10-17-14-11-18-19-13-6-4-3-5-12(13)14/h3-6,11H,7-10H2,1-2H3,(H,17,19)(H,20,21). The van der Waals surface area contributed by atoms with Crippen LogP contribution in [0.2, 0.25) is 0 Å². The van der Waals surface area contributed by atoms with Crippen molar-refractivity contribution in [2.45, 2.75) is 33.1 Å². The summed E-state index contributed by atoms with van der Waals surface area (Å²) in [7, 11) is 0. The van der Waals surface area contributed by atoms with Crippen LogP contribution in [0.15, 0.2) is 30.5 Å².